The van der Waals surface area contributed by atoms with Crippen molar-refractivity contribution in [3.63, 3.8) is 0 Å². The van der Waals surface area contributed by atoms with Crippen LogP contribution in [-0.4, -0.2) is 12.8 Å². The molecule has 4 heteroatoms. The fourth-order valence-electron chi connectivity index (χ4n) is 1.99. The van der Waals surface area contributed by atoms with Gasteiger partial charge in [-0.2, -0.15) is 0 Å². The Labute approximate surface area is 120 Å². The van der Waals surface area contributed by atoms with E-state index in [2.05, 4.69) is 15.9 Å². The molecule has 2 rings (SSSR count). The maximum atomic E-state index is 13.9. The van der Waals surface area contributed by atoms with Crippen molar-refractivity contribution in [1.82, 2.24) is 0 Å². The quantitative estimate of drug-likeness (QED) is 0.769. The van der Waals surface area contributed by atoms with Gasteiger partial charge in [-0.15, -0.1) is 0 Å². The summed E-state index contributed by atoms with van der Waals surface area (Å²) in [5.74, 6) is -0.304. The molecule has 0 fully saturated rings. The lowest BCUT2D eigenvalue weighted by molar-refractivity contribution is 0.112. The summed E-state index contributed by atoms with van der Waals surface area (Å²) in [6.07, 6.45) is 0.783. The van der Waals surface area contributed by atoms with Crippen LogP contribution in [0.4, 0.5) is 15.8 Å². The number of benzene rings is 2. The smallest absolute Gasteiger partial charge is 0.152 e. The highest BCUT2D eigenvalue weighted by Crippen LogP contribution is 2.31. The van der Waals surface area contributed by atoms with E-state index in [0.717, 1.165) is 10.8 Å². The third-order valence-corrected chi connectivity index (χ3v) is 3.36. The molecule has 0 saturated heterocycles. The van der Waals surface area contributed by atoms with Crippen LogP contribution in [0.15, 0.2) is 46.9 Å². The number of para-hydroxylation sites is 1. The Hall–Kier alpha value is -1.68. The van der Waals surface area contributed by atoms with Crippen LogP contribution in [0.25, 0.3) is 0 Å². The molecule has 0 aliphatic rings. The zero-order chi connectivity index (χ0) is 13.8. The van der Waals surface area contributed by atoms with Gasteiger partial charge in [0, 0.05) is 16.6 Å². The first kappa shape index (κ1) is 13.7. The highest BCUT2D eigenvalue weighted by Gasteiger charge is 2.15. The Morgan fingerprint density at radius 1 is 1.21 bits per heavy atom. The van der Waals surface area contributed by atoms with E-state index in [-0.39, 0.29) is 5.82 Å². The Balaban J connectivity index is 2.57. The van der Waals surface area contributed by atoms with Crippen molar-refractivity contribution >= 4 is 33.6 Å². The maximum absolute atomic E-state index is 13.9. The number of hydrogen-bond acceptors (Lipinski definition) is 2. The highest BCUT2D eigenvalue weighted by atomic mass is 79.9. The van der Waals surface area contributed by atoms with Crippen molar-refractivity contribution in [1.29, 1.82) is 0 Å². The average Bonchev–Trinajstić information content (AvgIpc) is 2.42. The van der Waals surface area contributed by atoms with E-state index in [9.17, 15) is 9.18 Å². The van der Waals surface area contributed by atoms with Crippen LogP contribution in [0.1, 0.15) is 17.3 Å². The normalized spacial score (nSPS) is 10.3. The molecule has 0 amide bonds. The molecular weight excluding hydrogens is 309 g/mol. The van der Waals surface area contributed by atoms with Crippen LogP contribution in [0.2, 0.25) is 0 Å². The molecule has 0 heterocycles. The number of aldehydes is 1. The predicted molar refractivity (Wildman–Crippen MR) is 78.6 cm³/mol. The summed E-state index contributed by atoms with van der Waals surface area (Å²) < 4.78 is 14.8. The summed E-state index contributed by atoms with van der Waals surface area (Å²) in [6.45, 7) is 2.49. The molecule has 0 aliphatic heterocycles. The number of anilines is 2. The molecule has 0 radical (unpaired) electrons. The van der Waals surface area contributed by atoms with E-state index in [1.165, 1.54) is 6.07 Å². The summed E-state index contributed by atoms with van der Waals surface area (Å²) in [5.41, 5.74) is 1.69. The van der Waals surface area contributed by atoms with Gasteiger partial charge in [0.25, 0.3) is 0 Å². The van der Waals surface area contributed by atoms with E-state index in [0.29, 0.717) is 23.5 Å². The minimum absolute atomic E-state index is 0.304. The van der Waals surface area contributed by atoms with E-state index < -0.39 is 0 Å². The van der Waals surface area contributed by atoms with Gasteiger partial charge in [0.1, 0.15) is 5.82 Å². The lowest BCUT2D eigenvalue weighted by Crippen LogP contribution is -2.18. The number of carbonyl (C=O) groups excluding carboxylic acids is 1. The van der Waals surface area contributed by atoms with E-state index in [1.807, 2.05) is 13.0 Å². The summed E-state index contributed by atoms with van der Waals surface area (Å²) >= 11 is 3.38. The molecule has 0 N–H and O–H groups in total. The first-order valence-electron chi connectivity index (χ1n) is 5.94. The van der Waals surface area contributed by atoms with Gasteiger partial charge in [-0.25, -0.2) is 4.39 Å². The molecule has 2 aromatic carbocycles. The molecule has 0 bridgehead atoms. The SMILES string of the molecule is CCN(c1ccccc1F)c1cc(Br)ccc1C=O. The predicted octanol–water partition coefficient (Wildman–Crippen LogP) is 4.56. The second-order valence-electron chi connectivity index (χ2n) is 4.02. The van der Waals surface area contributed by atoms with E-state index in [4.69, 9.17) is 0 Å². The zero-order valence-electron chi connectivity index (χ0n) is 10.4. The van der Waals surface area contributed by atoms with Crippen molar-refractivity contribution in [2.24, 2.45) is 0 Å². The molecule has 0 atom stereocenters. The van der Waals surface area contributed by atoms with Crippen LogP contribution in [0, 0.1) is 5.82 Å². The Kier molecular flexibility index (Phi) is 4.32. The van der Waals surface area contributed by atoms with Gasteiger partial charge in [0.05, 0.1) is 11.4 Å². The fourth-order valence-corrected chi connectivity index (χ4v) is 2.34. The molecular formula is C15H13BrFNO. The van der Waals surface area contributed by atoms with E-state index >= 15 is 0 Å². The molecule has 19 heavy (non-hydrogen) atoms. The van der Waals surface area contributed by atoms with Gasteiger partial charge in [-0.3, -0.25) is 4.79 Å². The second kappa shape index (κ2) is 5.97. The average molecular weight is 322 g/mol. The minimum Gasteiger partial charge on any atom is -0.339 e. The maximum Gasteiger partial charge on any atom is 0.152 e. The van der Waals surface area contributed by atoms with E-state index in [1.54, 1.807) is 35.2 Å². The monoisotopic (exact) mass is 321 g/mol. The Bertz CT molecular complexity index is 600. The number of hydrogen-bond donors (Lipinski definition) is 0. The molecule has 0 aromatic heterocycles. The van der Waals surface area contributed by atoms with Crippen LogP contribution >= 0.6 is 15.9 Å². The summed E-state index contributed by atoms with van der Waals surface area (Å²) in [6, 6.07) is 11.9. The van der Waals surface area contributed by atoms with Gasteiger partial charge in [-0.1, -0.05) is 28.1 Å². The standard InChI is InChI=1S/C15H13BrFNO/c1-2-18(14-6-4-3-5-13(14)17)15-9-12(16)8-7-11(15)10-19/h3-10H,2H2,1H3. The third kappa shape index (κ3) is 2.84. The van der Waals surface area contributed by atoms with Gasteiger partial charge in [-0.05, 0) is 37.3 Å². The summed E-state index contributed by atoms with van der Waals surface area (Å²) in [5, 5.41) is 0. The molecule has 98 valence electrons. The molecule has 0 saturated carbocycles. The van der Waals surface area contributed by atoms with Crippen LogP contribution in [-0.2, 0) is 0 Å². The number of carbonyl (C=O) groups is 1. The van der Waals surface area contributed by atoms with Crippen molar-refractivity contribution < 1.29 is 9.18 Å². The Morgan fingerprint density at radius 3 is 2.58 bits per heavy atom. The topological polar surface area (TPSA) is 20.3 Å². The van der Waals surface area contributed by atoms with Gasteiger partial charge in [0.2, 0.25) is 0 Å². The molecule has 2 nitrogen and oxygen atoms in total. The number of halogens is 2. The third-order valence-electron chi connectivity index (χ3n) is 2.87. The van der Waals surface area contributed by atoms with Gasteiger partial charge < -0.3 is 4.90 Å². The van der Waals surface area contributed by atoms with Crippen molar-refractivity contribution in [2.45, 2.75) is 6.92 Å². The van der Waals surface area contributed by atoms with Crippen LogP contribution < -0.4 is 4.90 Å². The van der Waals surface area contributed by atoms with Crippen molar-refractivity contribution in [2.75, 3.05) is 11.4 Å². The van der Waals surface area contributed by atoms with Gasteiger partial charge >= 0.3 is 0 Å². The highest BCUT2D eigenvalue weighted by molar-refractivity contribution is 9.10. The largest absolute Gasteiger partial charge is 0.339 e. The lowest BCUT2D eigenvalue weighted by Gasteiger charge is -2.25. The summed E-state index contributed by atoms with van der Waals surface area (Å²) in [7, 11) is 0. The van der Waals surface area contributed by atoms with Crippen molar-refractivity contribution in [3.8, 4) is 0 Å². The zero-order valence-corrected chi connectivity index (χ0v) is 12.0. The number of nitrogens with zero attached hydrogens (tertiary/aromatic N) is 1. The molecule has 0 spiro atoms. The second-order valence-corrected chi connectivity index (χ2v) is 4.93. The Morgan fingerprint density at radius 2 is 1.95 bits per heavy atom. The molecule has 0 unspecified atom stereocenters. The summed E-state index contributed by atoms with van der Waals surface area (Å²) in [4.78, 5) is 12.9. The number of rotatable bonds is 4. The fraction of sp³-hybridized carbons (Fsp3) is 0.133. The lowest BCUT2D eigenvalue weighted by atomic mass is 10.1. The minimum atomic E-state index is -0.304. The van der Waals surface area contributed by atoms with Crippen LogP contribution in [0.5, 0.6) is 0 Å². The van der Waals surface area contributed by atoms with Crippen LogP contribution in [0.3, 0.4) is 0 Å². The van der Waals surface area contributed by atoms with Crippen molar-refractivity contribution in [3.05, 3.63) is 58.3 Å². The first-order chi connectivity index (χ1) is 9.17. The first-order valence-corrected chi connectivity index (χ1v) is 6.73. The molecule has 2 aromatic rings. The van der Waals surface area contributed by atoms with Gasteiger partial charge in [0.15, 0.2) is 6.29 Å². The molecule has 0 aliphatic carbocycles.